The van der Waals surface area contributed by atoms with Gasteiger partial charge in [0.25, 0.3) is 0 Å². The van der Waals surface area contributed by atoms with Crippen LogP contribution in [-0.4, -0.2) is 12.2 Å². The van der Waals surface area contributed by atoms with Crippen LogP contribution in [0.4, 0.5) is 0 Å². The lowest BCUT2D eigenvalue weighted by Crippen LogP contribution is -2.23. The van der Waals surface area contributed by atoms with E-state index in [4.69, 9.17) is 10.5 Å². The zero-order valence-corrected chi connectivity index (χ0v) is 12.2. The van der Waals surface area contributed by atoms with Gasteiger partial charge in [-0.05, 0) is 30.9 Å². The smallest absolute Gasteiger partial charge is 0.162 e. The van der Waals surface area contributed by atoms with E-state index in [0.717, 1.165) is 22.9 Å². The molecule has 1 aliphatic carbocycles. The highest BCUT2D eigenvalue weighted by atomic mass is 79.9. The summed E-state index contributed by atoms with van der Waals surface area (Å²) >= 11 is 3.43. The first-order valence-electron chi connectivity index (χ1n) is 6.45. The molecule has 0 bridgehead atoms. The van der Waals surface area contributed by atoms with Gasteiger partial charge >= 0.3 is 0 Å². The Morgan fingerprint density at radius 3 is 2.61 bits per heavy atom. The number of rotatable bonds is 3. The number of benzene rings is 1. The maximum atomic E-state index is 10.2. The van der Waals surface area contributed by atoms with Gasteiger partial charge in [0.15, 0.2) is 11.5 Å². The van der Waals surface area contributed by atoms with E-state index >= 15 is 0 Å². The minimum Gasteiger partial charge on any atom is -0.504 e. The van der Waals surface area contributed by atoms with Crippen LogP contribution >= 0.6 is 15.9 Å². The molecular weight excluding hydrogens is 294 g/mol. The van der Waals surface area contributed by atoms with Gasteiger partial charge in [-0.15, -0.1) is 0 Å². The molecule has 1 atom stereocenters. The Bertz CT molecular complexity index is 417. The molecule has 0 heterocycles. The monoisotopic (exact) mass is 313 g/mol. The van der Waals surface area contributed by atoms with Crippen molar-refractivity contribution in [2.24, 2.45) is 11.7 Å². The molecule has 2 rings (SSSR count). The number of methoxy groups -OCH3 is 1. The number of nitrogens with two attached hydrogens (primary N) is 1. The molecule has 0 unspecified atom stereocenters. The fraction of sp³-hybridized carbons (Fsp3) is 0.571. The van der Waals surface area contributed by atoms with E-state index in [2.05, 4.69) is 15.9 Å². The molecule has 0 radical (unpaired) electrons. The summed E-state index contributed by atoms with van der Waals surface area (Å²) in [5.74, 6) is 1.12. The van der Waals surface area contributed by atoms with Crippen molar-refractivity contribution in [2.75, 3.05) is 7.11 Å². The van der Waals surface area contributed by atoms with Crippen LogP contribution in [0.1, 0.15) is 43.7 Å². The van der Waals surface area contributed by atoms with Crippen molar-refractivity contribution in [2.45, 2.75) is 38.1 Å². The van der Waals surface area contributed by atoms with E-state index in [1.54, 1.807) is 13.2 Å². The van der Waals surface area contributed by atoms with Gasteiger partial charge < -0.3 is 15.6 Å². The molecule has 3 N–H and O–H groups in total. The summed E-state index contributed by atoms with van der Waals surface area (Å²) in [5, 5.41) is 10.2. The number of halogens is 1. The van der Waals surface area contributed by atoms with E-state index in [9.17, 15) is 5.11 Å². The average molecular weight is 314 g/mol. The third-order valence-electron chi connectivity index (χ3n) is 3.81. The van der Waals surface area contributed by atoms with Gasteiger partial charge in [-0.2, -0.15) is 0 Å². The van der Waals surface area contributed by atoms with Crippen LogP contribution in [0, 0.1) is 5.92 Å². The van der Waals surface area contributed by atoms with Crippen LogP contribution in [0.25, 0.3) is 0 Å². The topological polar surface area (TPSA) is 55.5 Å². The summed E-state index contributed by atoms with van der Waals surface area (Å²) in [6.07, 6.45) is 6.08. The molecule has 0 spiro atoms. The highest BCUT2D eigenvalue weighted by Gasteiger charge is 2.25. The quantitative estimate of drug-likeness (QED) is 0.893. The van der Waals surface area contributed by atoms with Crippen molar-refractivity contribution in [3.05, 3.63) is 22.2 Å². The molecular formula is C14H20BrNO2. The minimum absolute atomic E-state index is 0.114. The van der Waals surface area contributed by atoms with E-state index in [1.165, 1.54) is 19.3 Å². The highest BCUT2D eigenvalue weighted by molar-refractivity contribution is 9.10. The molecule has 1 saturated carbocycles. The Morgan fingerprint density at radius 2 is 2.00 bits per heavy atom. The molecule has 0 amide bonds. The summed E-state index contributed by atoms with van der Waals surface area (Å²) in [7, 11) is 1.55. The predicted octanol–water partition coefficient (Wildman–Crippen LogP) is 3.74. The molecule has 1 aromatic carbocycles. The zero-order chi connectivity index (χ0) is 13.1. The van der Waals surface area contributed by atoms with Crippen molar-refractivity contribution in [1.29, 1.82) is 0 Å². The first kappa shape index (κ1) is 13.7. The van der Waals surface area contributed by atoms with E-state index < -0.39 is 0 Å². The molecule has 100 valence electrons. The Kier molecular flexibility index (Phi) is 4.51. The Morgan fingerprint density at radius 1 is 1.33 bits per heavy atom. The molecule has 1 aliphatic rings. The minimum atomic E-state index is -0.114. The largest absolute Gasteiger partial charge is 0.504 e. The second-order valence-electron chi connectivity index (χ2n) is 4.97. The second-order valence-corrected chi connectivity index (χ2v) is 5.89. The zero-order valence-electron chi connectivity index (χ0n) is 10.7. The molecule has 0 saturated heterocycles. The van der Waals surface area contributed by atoms with Gasteiger partial charge in [-0.1, -0.05) is 35.2 Å². The van der Waals surface area contributed by atoms with Gasteiger partial charge in [0.05, 0.1) is 7.11 Å². The molecule has 3 nitrogen and oxygen atoms in total. The van der Waals surface area contributed by atoms with Crippen molar-refractivity contribution in [3.63, 3.8) is 0 Å². The fourth-order valence-corrected chi connectivity index (χ4v) is 3.21. The standard InChI is InChI=1S/C14H20BrNO2/c1-18-12-8-10(15)7-11(14(12)17)13(16)9-5-3-2-4-6-9/h7-9,13,17H,2-6,16H2,1H3/t13-/m1/s1. The first-order chi connectivity index (χ1) is 8.63. The SMILES string of the molecule is COc1cc(Br)cc([C@H](N)C2CCCCC2)c1O. The Hall–Kier alpha value is -0.740. The maximum Gasteiger partial charge on any atom is 0.162 e. The number of aromatic hydroxyl groups is 1. The lowest BCUT2D eigenvalue weighted by Gasteiger charge is -2.28. The normalized spacial score (nSPS) is 18.6. The first-order valence-corrected chi connectivity index (χ1v) is 7.24. The summed E-state index contributed by atoms with van der Waals surface area (Å²) in [6.45, 7) is 0. The van der Waals surface area contributed by atoms with Crippen molar-refractivity contribution < 1.29 is 9.84 Å². The van der Waals surface area contributed by atoms with E-state index in [0.29, 0.717) is 11.7 Å². The number of ether oxygens (including phenoxy) is 1. The Labute approximate surface area is 116 Å². The summed E-state index contributed by atoms with van der Waals surface area (Å²) in [5.41, 5.74) is 7.11. The van der Waals surface area contributed by atoms with Gasteiger partial charge in [0.1, 0.15) is 0 Å². The van der Waals surface area contributed by atoms with Crippen LogP contribution in [-0.2, 0) is 0 Å². The third-order valence-corrected chi connectivity index (χ3v) is 4.26. The van der Waals surface area contributed by atoms with E-state index in [-0.39, 0.29) is 11.8 Å². The van der Waals surface area contributed by atoms with Crippen molar-refractivity contribution in [1.82, 2.24) is 0 Å². The molecule has 1 fully saturated rings. The predicted molar refractivity (Wildman–Crippen MR) is 75.9 cm³/mol. The number of hydrogen-bond acceptors (Lipinski definition) is 3. The van der Waals surface area contributed by atoms with Gasteiger partial charge in [0, 0.05) is 16.1 Å². The third kappa shape index (κ3) is 2.81. The molecule has 0 aromatic heterocycles. The number of phenolic OH excluding ortho intramolecular Hbond substituents is 1. The van der Waals surface area contributed by atoms with Crippen LogP contribution in [0.15, 0.2) is 16.6 Å². The highest BCUT2D eigenvalue weighted by Crippen LogP contribution is 2.41. The Balaban J connectivity index is 2.28. The van der Waals surface area contributed by atoms with Gasteiger partial charge in [0.2, 0.25) is 0 Å². The van der Waals surface area contributed by atoms with Crippen LogP contribution in [0.2, 0.25) is 0 Å². The molecule has 4 heteroatoms. The number of hydrogen-bond donors (Lipinski definition) is 2. The lowest BCUT2D eigenvalue weighted by atomic mass is 9.81. The van der Waals surface area contributed by atoms with Gasteiger partial charge in [-0.3, -0.25) is 0 Å². The number of phenols is 1. The van der Waals surface area contributed by atoms with Crippen LogP contribution in [0.5, 0.6) is 11.5 Å². The second kappa shape index (κ2) is 5.93. The summed E-state index contributed by atoms with van der Waals surface area (Å²) in [4.78, 5) is 0. The van der Waals surface area contributed by atoms with Crippen molar-refractivity contribution >= 4 is 15.9 Å². The van der Waals surface area contributed by atoms with Crippen molar-refractivity contribution in [3.8, 4) is 11.5 Å². The van der Waals surface area contributed by atoms with E-state index in [1.807, 2.05) is 6.07 Å². The summed E-state index contributed by atoms with van der Waals surface area (Å²) in [6, 6.07) is 3.54. The van der Waals surface area contributed by atoms with Gasteiger partial charge in [-0.25, -0.2) is 0 Å². The average Bonchev–Trinajstić information content (AvgIpc) is 2.41. The molecule has 1 aromatic rings. The van der Waals surface area contributed by atoms with Crippen LogP contribution in [0.3, 0.4) is 0 Å². The molecule has 0 aliphatic heterocycles. The fourth-order valence-electron chi connectivity index (χ4n) is 2.75. The molecule has 18 heavy (non-hydrogen) atoms. The van der Waals surface area contributed by atoms with Crippen LogP contribution < -0.4 is 10.5 Å². The summed E-state index contributed by atoms with van der Waals surface area (Å²) < 4.78 is 6.06. The maximum absolute atomic E-state index is 10.2. The lowest BCUT2D eigenvalue weighted by molar-refractivity contribution is 0.299.